The molecule has 0 saturated heterocycles. The molecule has 0 rings (SSSR count). The number of aliphatic hydroxyl groups is 1. The average Bonchev–Trinajstić information content (AvgIpc) is 3.24. The van der Waals surface area contributed by atoms with Crippen molar-refractivity contribution in [3.05, 3.63) is 0 Å². The van der Waals surface area contributed by atoms with E-state index < -0.39 is 57.0 Å². The van der Waals surface area contributed by atoms with Crippen molar-refractivity contribution in [1.82, 2.24) is 5.32 Å². The molecule has 57 heavy (non-hydrogen) atoms. The van der Waals surface area contributed by atoms with Gasteiger partial charge >= 0.3 is 50.8 Å². The molecule has 0 aromatic carbocycles. The molecular formula is C32H72N2O20Si3. The number of ether oxygens (including phenoxy) is 6. The third-order valence-corrected chi connectivity index (χ3v) is 15.9. The number of carbonyl (C=O) groups is 4. The van der Waals surface area contributed by atoms with Gasteiger partial charge in [0, 0.05) is 102 Å². The van der Waals surface area contributed by atoms with E-state index >= 15 is 0 Å². The molecule has 2 unspecified atom stereocenters. The Morgan fingerprint density at radius 1 is 0.544 bits per heavy atom. The number of nitrogens with two attached hydrogens (primary N) is 1. The third-order valence-electron chi connectivity index (χ3n) is 7.38. The molecule has 0 aliphatic heterocycles. The quantitative estimate of drug-likeness (QED) is 0.0463. The summed E-state index contributed by atoms with van der Waals surface area (Å²) in [7, 11) is 9.91. The first-order chi connectivity index (χ1) is 27.1. The molecule has 0 spiro atoms. The summed E-state index contributed by atoms with van der Waals surface area (Å²) in [6.07, 6.45) is -0.254. The Balaban J connectivity index is -0.000000440. The maximum absolute atomic E-state index is 11.9. The monoisotopic (exact) mass is 888 g/mol. The molecule has 0 heterocycles. The lowest BCUT2D eigenvalue weighted by Crippen LogP contribution is -2.43. The van der Waals surface area contributed by atoms with Crippen molar-refractivity contribution in [2.24, 2.45) is 5.73 Å². The molecule has 0 radical (unpaired) electrons. The topological polar surface area (TPSA) is 265 Å². The van der Waals surface area contributed by atoms with E-state index in [4.69, 9.17) is 60.1 Å². The van der Waals surface area contributed by atoms with Crippen LogP contribution in [0, 0.1) is 0 Å². The number of esters is 1. The van der Waals surface area contributed by atoms with Crippen molar-refractivity contribution in [3.8, 4) is 0 Å². The lowest BCUT2D eigenvalue weighted by atomic mass is 10.2. The van der Waals surface area contributed by atoms with E-state index in [1.54, 1.807) is 56.5 Å². The zero-order chi connectivity index (χ0) is 44.8. The molecule has 0 fully saturated rings. The van der Waals surface area contributed by atoms with Crippen LogP contribution in [-0.4, -0.2) is 180 Å². The highest BCUT2D eigenvalue weighted by Gasteiger charge is 2.38. The molecule has 0 aliphatic rings. The van der Waals surface area contributed by atoms with Gasteiger partial charge in [-0.3, -0.25) is 4.79 Å². The van der Waals surface area contributed by atoms with Crippen LogP contribution in [0.5, 0.6) is 0 Å². The molecule has 342 valence electrons. The molecule has 0 bridgehead atoms. The van der Waals surface area contributed by atoms with Gasteiger partial charge in [-0.05, 0) is 46.1 Å². The standard InChI is InChI=1S/C18H39NO10Si2.C7H12O6.C6H17NO3Si.CH4O/c1-16(29-17(20)11-8-9-13-30(22-2,23-3)24-4)15-28-18(21)19-12-10-14-31(25-5,26-6)27-7;1-5(13-7(9)11-3)4-12-6(8)10-2;1-8-11(9-2,10-3)6-4-5-7;1-2/h16H,8-15H2,1-7H3,(H,19,21);5H,4H2,1-3H3;4-7H2,1-3H3;2H,1H3. The number of methoxy groups -OCH3 is 2. The van der Waals surface area contributed by atoms with Crippen LogP contribution in [0.4, 0.5) is 14.4 Å². The minimum atomic E-state index is -2.64. The molecule has 1 amide bonds. The van der Waals surface area contributed by atoms with E-state index in [9.17, 15) is 19.2 Å². The second-order valence-electron chi connectivity index (χ2n) is 11.1. The van der Waals surface area contributed by atoms with Gasteiger partial charge in [-0.2, -0.15) is 0 Å². The van der Waals surface area contributed by atoms with Crippen molar-refractivity contribution < 1.29 is 92.5 Å². The van der Waals surface area contributed by atoms with Crippen LogP contribution >= 0.6 is 0 Å². The summed E-state index contributed by atoms with van der Waals surface area (Å²) in [5.41, 5.74) is 5.36. The molecular weight excluding hydrogens is 817 g/mol. The van der Waals surface area contributed by atoms with Crippen molar-refractivity contribution in [3.63, 3.8) is 0 Å². The van der Waals surface area contributed by atoms with E-state index in [1.165, 1.54) is 35.5 Å². The van der Waals surface area contributed by atoms with Gasteiger partial charge in [0.15, 0.2) is 0 Å². The lowest BCUT2D eigenvalue weighted by Gasteiger charge is -2.24. The summed E-state index contributed by atoms with van der Waals surface area (Å²) in [5.74, 6) is -0.351. The number of aliphatic hydroxyl groups excluding tert-OH is 1. The molecule has 4 N–H and O–H groups in total. The number of amides is 1. The fourth-order valence-electron chi connectivity index (χ4n) is 4.15. The number of hydrogen-bond acceptors (Lipinski definition) is 21. The van der Waals surface area contributed by atoms with Crippen molar-refractivity contribution in [1.29, 1.82) is 0 Å². The Hall–Kier alpha value is -2.51. The highest BCUT2D eigenvalue weighted by Crippen LogP contribution is 2.18. The highest BCUT2D eigenvalue weighted by molar-refractivity contribution is 6.61. The van der Waals surface area contributed by atoms with Crippen LogP contribution in [0.3, 0.4) is 0 Å². The van der Waals surface area contributed by atoms with Gasteiger partial charge in [0.2, 0.25) is 0 Å². The van der Waals surface area contributed by atoms with Crippen LogP contribution in [-0.2, 0) is 73.0 Å². The fourth-order valence-corrected chi connectivity index (χ4v) is 9.41. The molecule has 25 heteroatoms. The lowest BCUT2D eigenvalue weighted by molar-refractivity contribution is -0.150. The number of rotatable bonds is 27. The van der Waals surface area contributed by atoms with E-state index in [1.807, 2.05) is 0 Å². The molecule has 0 saturated carbocycles. The Kier molecular flexibility index (Phi) is 41.8. The normalized spacial score (nSPS) is 12.1. The molecule has 0 aliphatic carbocycles. The van der Waals surface area contributed by atoms with Gasteiger partial charge < -0.3 is 84.4 Å². The van der Waals surface area contributed by atoms with Crippen LogP contribution in [0.15, 0.2) is 0 Å². The van der Waals surface area contributed by atoms with E-state index in [0.717, 1.165) is 19.6 Å². The minimum Gasteiger partial charge on any atom is -0.459 e. The van der Waals surface area contributed by atoms with Crippen LogP contribution < -0.4 is 11.1 Å². The first kappa shape index (κ1) is 61.2. The van der Waals surface area contributed by atoms with Gasteiger partial charge in [0.05, 0.1) is 14.2 Å². The molecule has 22 nitrogen and oxygen atoms in total. The third kappa shape index (κ3) is 31.1. The Bertz CT molecular complexity index is 970. The van der Waals surface area contributed by atoms with Crippen molar-refractivity contribution in [2.75, 3.05) is 112 Å². The Labute approximate surface area is 341 Å². The SMILES string of the molecule is CO.COC(=O)OCC(C)OC(=O)OC.CO[Si](CCCCC(=O)OC(C)COC(=O)NCCC[Si](OC)(OC)OC)(OC)OC.CO[Si](CCCN)(OC)OC. The number of carbonyl (C=O) groups excluding carboxylic acids is 4. The number of hydrogen-bond donors (Lipinski definition) is 3. The van der Waals surface area contributed by atoms with Crippen molar-refractivity contribution >= 4 is 50.8 Å². The second-order valence-corrected chi connectivity index (χ2v) is 20.3. The number of unbranched alkanes of at least 4 members (excludes halogenated alkanes) is 1. The summed E-state index contributed by atoms with van der Waals surface area (Å²) < 4.78 is 75.3. The predicted octanol–water partition coefficient (Wildman–Crippen LogP) is 2.72. The summed E-state index contributed by atoms with van der Waals surface area (Å²) >= 11 is 0. The summed E-state index contributed by atoms with van der Waals surface area (Å²) in [6.45, 7) is 4.15. The zero-order valence-corrected chi connectivity index (χ0v) is 39.4. The minimum absolute atomic E-state index is 0.0302. The van der Waals surface area contributed by atoms with E-state index in [0.29, 0.717) is 44.4 Å². The maximum atomic E-state index is 11.9. The molecule has 0 aromatic heterocycles. The van der Waals surface area contributed by atoms with Crippen LogP contribution in [0.1, 0.15) is 46.0 Å². The first-order valence-electron chi connectivity index (χ1n) is 17.8. The first-order valence-corrected chi connectivity index (χ1v) is 23.6. The van der Waals surface area contributed by atoms with E-state index in [2.05, 4.69) is 24.3 Å². The largest absolute Gasteiger partial charge is 0.508 e. The Morgan fingerprint density at radius 3 is 1.33 bits per heavy atom. The zero-order valence-electron chi connectivity index (χ0n) is 36.4. The molecule has 0 aromatic rings. The summed E-state index contributed by atoms with van der Waals surface area (Å²) in [5, 5.41) is 9.63. The maximum Gasteiger partial charge on any atom is 0.508 e. The smallest absolute Gasteiger partial charge is 0.459 e. The van der Waals surface area contributed by atoms with Gasteiger partial charge in [0.1, 0.15) is 25.4 Å². The Morgan fingerprint density at radius 2 is 0.930 bits per heavy atom. The predicted molar refractivity (Wildman–Crippen MR) is 211 cm³/mol. The van der Waals surface area contributed by atoms with Gasteiger partial charge in [0.25, 0.3) is 0 Å². The van der Waals surface area contributed by atoms with Gasteiger partial charge in [-0.1, -0.05) is 0 Å². The average molecular weight is 889 g/mol. The summed E-state index contributed by atoms with van der Waals surface area (Å²) in [4.78, 5) is 44.7. The molecule has 2 atom stereocenters. The van der Waals surface area contributed by atoms with Gasteiger partial charge in [-0.15, -0.1) is 0 Å². The van der Waals surface area contributed by atoms with Crippen LogP contribution in [0.2, 0.25) is 18.1 Å². The summed E-state index contributed by atoms with van der Waals surface area (Å²) in [6, 6.07) is 1.96. The van der Waals surface area contributed by atoms with E-state index in [-0.39, 0.29) is 25.6 Å². The number of alkyl carbamates (subject to hydrolysis) is 1. The van der Waals surface area contributed by atoms with Gasteiger partial charge in [-0.25, -0.2) is 14.4 Å². The number of nitrogens with one attached hydrogen (secondary N) is 1. The van der Waals surface area contributed by atoms with Crippen molar-refractivity contribution in [2.45, 2.75) is 76.3 Å². The second kappa shape index (κ2) is 39.0. The fraction of sp³-hybridized carbons (Fsp3) is 0.875. The van der Waals surface area contributed by atoms with Crippen LogP contribution in [0.25, 0.3) is 0 Å². The highest BCUT2D eigenvalue weighted by atomic mass is 28.4.